The zero-order valence-corrected chi connectivity index (χ0v) is 11.2. The lowest BCUT2D eigenvalue weighted by atomic mass is 9.87. The van der Waals surface area contributed by atoms with E-state index in [4.69, 9.17) is 5.73 Å². The summed E-state index contributed by atoms with van der Waals surface area (Å²) in [7, 11) is 0. The average molecular weight is 235 g/mol. The third-order valence-corrected chi connectivity index (χ3v) is 3.88. The molecule has 0 aromatic carbocycles. The van der Waals surface area contributed by atoms with Crippen LogP contribution >= 0.6 is 0 Å². The van der Waals surface area contributed by atoms with Crippen molar-refractivity contribution in [1.29, 1.82) is 0 Å². The Kier molecular flexibility index (Phi) is 3.87. The second-order valence-electron chi connectivity index (χ2n) is 5.99. The normalized spacial score (nSPS) is 18.5. The quantitative estimate of drug-likeness (QED) is 0.871. The number of rotatable bonds is 4. The van der Waals surface area contributed by atoms with Gasteiger partial charge < -0.3 is 10.3 Å². The van der Waals surface area contributed by atoms with E-state index in [9.17, 15) is 0 Å². The smallest absolute Gasteiger partial charge is 0.0948 e. The van der Waals surface area contributed by atoms with Gasteiger partial charge in [0.05, 0.1) is 17.6 Å². The second-order valence-corrected chi connectivity index (χ2v) is 5.99. The minimum Gasteiger partial charge on any atom is -0.333 e. The van der Waals surface area contributed by atoms with Gasteiger partial charge in [-0.15, -0.1) is 0 Å². The van der Waals surface area contributed by atoms with Gasteiger partial charge in [-0.3, -0.25) is 0 Å². The Morgan fingerprint density at radius 1 is 1.35 bits per heavy atom. The first-order chi connectivity index (χ1) is 8.07. The van der Waals surface area contributed by atoms with E-state index in [2.05, 4.69) is 9.55 Å². The van der Waals surface area contributed by atoms with Crippen molar-refractivity contribution in [2.45, 2.75) is 64.5 Å². The number of imidazole rings is 1. The van der Waals surface area contributed by atoms with Crippen molar-refractivity contribution in [2.24, 2.45) is 11.7 Å². The summed E-state index contributed by atoms with van der Waals surface area (Å²) in [5, 5.41) is 0. The number of aryl methyl sites for hydroxylation is 1. The molecule has 0 radical (unpaired) electrons. The summed E-state index contributed by atoms with van der Waals surface area (Å²) in [4.78, 5) is 4.24. The van der Waals surface area contributed by atoms with E-state index in [0.29, 0.717) is 0 Å². The van der Waals surface area contributed by atoms with E-state index in [1.807, 2.05) is 26.4 Å². The van der Waals surface area contributed by atoms with Crippen molar-refractivity contribution in [2.75, 3.05) is 0 Å². The van der Waals surface area contributed by atoms with Gasteiger partial charge in [-0.1, -0.05) is 32.1 Å². The zero-order chi connectivity index (χ0) is 12.3. The van der Waals surface area contributed by atoms with Gasteiger partial charge >= 0.3 is 0 Å². The Balaban J connectivity index is 1.92. The molecule has 0 aliphatic heterocycles. The highest BCUT2D eigenvalue weighted by Crippen LogP contribution is 2.27. The monoisotopic (exact) mass is 235 g/mol. The van der Waals surface area contributed by atoms with Crippen molar-refractivity contribution >= 4 is 0 Å². The van der Waals surface area contributed by atoms with Crippen LogP contribution in [0.4, 0.5) is 0 Å². The molecule has 1 aliphatic rings. The third kappa shape index (κ3) is 3.32. The van der Waals surface area contributed by atoms with Gasteiger partial charge in [0.15, 0.2) is 0 Å². The summed E-state index contributed by atoms with van der Waals surface area (Å²) in [5.41, 5.74) is 7.01. The third-order valence-electron chi connectivity index (χ3n) is 3.88. The van der Waals surface area contributed by atoms with Gasteiger partial charge in [-0.25, -0.2) is 4.98 Å². The minimum atomic E-state index is -0.289. The molecule has 2 N–H and O–H groups in total. The van der Waals surface area contributed by atoms with E-state index in [0.717, 1.165) is 18.2 Å². The van der Waals surface area contributed by atoms with E-state index >= 15 is 0 Å². The molecule has 3 nitrogen and oxygen atoms in total. The van der Waals surface area contributed by atoms with Gasteiger partial charge in [0.1, 0.15) is 0 Å². The van der Waals surface area contributed by atoms with Gasteiger partial charge in [0.2, 0.25) is 0 Å². The van der Waals surface area contributed by atoms with Crippen LogP contribution in [0.5, 0.6) is 0 Å². The van der Waals surface area contributed by atoms with Crippen molar-refractivity contribution < 1.29 is 0 Å². The van der Waals surface area contributed by atoms with Crippen LogP contribution < -0.4 is 5.73 Å². The molecule has 1 heterocycles. The predicted octanol–water partition coefficient (Wildman–Crippen LogP) is 3.05. The molecule has 1 fully saturated rings. The first-order valence-corrected chi connectivity index (χ1v) is 6.87. The van der Waals surface area contributed by atoms with Crippen LogP contribution in [0.2, 0.25) is 0 Å². The molecular weight excluding hydrogens is 210 g/mol. The fourth-order valence-corrected chi connectivity index (χ4v) is 2.83. The SMILES string of the molecule is CC(C)(N)c1cncn1CCC1CCCCC1. The standard InChI is InChI=1S/C14H25N3/c1-14(2,15)13-10-16-11-17(13)9-8-12-6-4-3-5-7-12/h10-12H,3-9,15H2,1-2H3. The molecule has 17 heavy (non-hydrogen) atoms. The van der Waals surface area contributed by atoms with E-state index < -0.39 is 0 Å². The van der Waals surface area contributed by atoms with Gasteiger partial charge in [-0.2, -0.15) is 0 Å². The Morgan fingerprint density at radius 2 is 2.06 bits per heavy atom. The van der Waals surface area contributed by atoms with E-state index in [1.54, 1.807) is 0 Å². The molecular formula is C14H25N3. The Hall–Kier alpha value is -0.830. The maximum Gasteiger partial charge on any atom is 0.0948 e. The molecule has 3 heteroatoms. The lowest BCUT2D eigenvalue weighted by Crippen LogP contribution is -2.31. The molecule has 2 rings (SSSR count). The number of nitrogens with two attached hydrogens (primary N) is 1. The van der Waals surface area contributed by atoms with E-state index in [-0.39, 0.29) is 5.54 Å². The first-order valence-electron chi connectivity index (χ1n) is 6.87. The van der Waals surface area contributed by atoms with Crippen LogP contribution in [0, 0.1) is 5.92 Å². The Bertz CT molecular complexity index is 343. The number of hydrogen-bond acceptors (Lipinski definition) is 2. The zero-order valence-electron chi connectivity index (χ0n) is 11.2. The Morgan fingerprint density at radius 3 is 2.71 bits per heavy atom. The molecule has 0 unspecified atom stereocenters. The lowest BCUT2D eigenvalue weighted by molar-refractivity contribution is 0.319. The molecule has 1 aromatic heterocycles. The highest BCUT2D eigenvalue weighted by Gasteiger charge is 2.20. The summed E-state index contributed by atoms with van der Waals surface area (Å²) in [5.74, 6) is 0.917. The van der Waals surface area contributed by atoms with Gasteiger partial charge in [-0.05, 0) is 26.2 Å². The summed E-state index contributed by atoms with van der Waals surface area (Å²) in [6, 6.07) is 0. The average Bonchev–Trinajstić information content (AvgIpc) is 2.75. The van der Waals surface area contributed by atoms with Crippen LogP contribution in [0.25, 0.3) is 0 Å². The minimum absolute atomic E-state index is 0.289. The topological polar surface area (TPSA) is 43.8 Å². The van der Waals surface area contributed by atoms with Crippen LogP contribution in [0.1, 0.15) is 58.1 Å². The number of hydrogen-bond donors (Lipinski definition) is 1. The molecule has 0 spiro atoms. The second kappa shape index (κ2) is 5.21. The van der Waals surface area contributed by atoms with Crippen molar-refractivity contribution in [1.82, 2.24) is 9.55 Å². The lowest BCUT2D eigenvalue weighted by Gasteiger charge is -2.24. The maximum absolute atomic E-state index is 6.15. The summed E-state index contributed by atoms with van der Waals surface area (Å²) < 4.78 is 2.23. The molecule has 0 saturated heterocycles. The molecule has 1 aliphatic carbocycles. The van der Waals surface area contributed by atoms with Crippen molar-refractivity contribution in [3.05, 3.63) is 18.2 Å². The highest BCUT2D eigenvalue weighted by atomic mass is 15.1. The largest absolute Gasteiger partial charge is 0.333 e. The van der Waals surface area contributed by atoms with Crippen molar-refractivity contribution in [3.8, 4) is 0 Å². The number of aromatic nitrogens is 2. The highest BCUT2D eigenvalue weighted by molar-refractivity contribution is 5.09. The summed E-state index contributed by atoms with van der Waals surface area (Å²) in [6.07, 6.45) is 12.2. The molecule has 0 atom stereocenters. The summed E-state index contributed by atoms with van der Waals surface area (Å²) in [6.45, 7) is 5.16. The first kappa shape index (κ1) is 12.6. The van der Waals surface area contributed by atoms with Crippen LogP contribution in [0.15, 0.2) is 12.5 Å². The molecule has 0 bridgehead atoms. The van der Waals surface area contributed by atoms with Gasteiger partial charge in [0.25, 0.3) is 0 Å². The summed E-state index contributed by atoms with van der Waals surface area (Å²) >= 11 is 0. The van der Waals surface area contributed by atoms with Crippen molar-refractivity contribution in [3.63, 3.8) is 0 Å². The molecule has 0 amide bonds. The van der Waals surface area contributed by atoms with Crippen LogP contribution in [-0.4, -0.2) is 9.55 Å². The predicted molar refractivity (Wildman–Crippen MR) is 70.6 cm³/mol. The van der Waals surface area contributed by atoms with Gasteiger partial charge in [0, 0.05) is 12.7 Å². The fraction of sp³-hybridized carbons (Fsp3) is 0.786. The fourth-order valence-electron chi connectivity index (χ4n) is 2.83. The molecule has 1 saturated carbocycles. The number of nitrogens with zero attached hydrogens (tertiary/aromatic N) is 2. The van der Waals surface area contributed by atoms with Crippen LogP contribution in [-0.2, 0) is 12.1 Å². The maximum atomic E-state index is 6.15. The molecule has 96 valence electrons. The van der Waals surface area contributed by atoms with E-state index in [1.165, 1.54) is 38.5 Å². The molecule has 1 aromatic rings. The van der Waals surface area contributed by atoms with Crippen LogP contribution in [0.3, 0.4) is 0 Å². The Labute approximate surface area is 104 Å².